The summed E-state index contributed by atoms with van der Waals surface area (Å²) in [5, 5.41) is -0.501. The summed E-state index contributed by atoms with van der Waals surface area (Å²) in [5.41, 5.74) is 7.58. The van der Waals surface area contributed by atoms with Crippen LogP contribution in [0.15, 0.2) is 18.2 Å². The van der Waals surface area contributed by atoms with Crippen LogP contribution in [0.25, 0.3) is 0 Å². The summed E-state index contributed by atoms with van der Waals surface area (Å²) in [7, 11) is -1.55. The Hall–Kier alpha value is -0.920. The van der Waals surface area contributed by atoms with E-state index in [1.54, 1.807) is 18.9 Å². The summed E-state index contributed by atoms with van der Waals surface area (Å²) in [6.45, 7) is 1.07. The number of rotatable bonds is 4. The van der Waals surface area contributed by atoms with Gasteiger partial charge in [-0.05, 0) is 11.6 Å². The maximum atomic E-state index is 12.0. The van der Waals surface area contributed by atoms with Gasteiger partial charge in [0.1, 0.15) is 11.1 Å². The summed E-state index contributed by atoms with van der Waals surface area (Å²) in [6, 6.07) is 5.62. The molecule has 1 aliphatic heterocycles. The third-order valence-corrected chi connectivity index (χ3v) is 6.04. The first kappa shape index (κ1) is 15.5. The van der Waals surface area contributed by atoms with Crippen LogP contribution in [0.4, 0.5) is 5.69 Å². The van der Waals surface area contributed by atoms with Gasteiger partial charge in [-0.15, -0.1) is 0 Å². The van der Waals surface area contributed by atoms with Gasteiger partial charge in [-0.25, -0.2) is 8.42 Å². The Morgan fingerprint density at radius 1 is 1.50 bits per heavy atom. The van der Waals surface area contributed by atoms with E-state index < -0.39 is 15.2 Å². The molecule has 1 saturated heterocycles. The van der Waals surface area contributed by atoms with Crippen molar-refractivity contribution in [2.24, 2.45) is 5.73 Å². The molecule has 1 aromatic rings. The van der Waals surface area contributed by atoms with Crippen molar-refractivity contribution in [3.8, 4) is 5.75 Å². The smallest absolute Gasteiger partial charge is 0.169 e. The Balaban J connectivity index is 2.46. The van der Waals surface area contributed by atoms with E-state index in [4.69, 9.17) is 10.5 Å². The fourth-order valence-corrected chi connectivity index (χ4v) is 5.15. The van der Waals surface area contributed by atoms with Crippen molar-refractivity contribution in [3.05, 3.63) is 23.8 Å². The Morgan fingerprint density at radius 2 is 2.25 bits per heavy atom. The summed E-state index contributed by atoms with van der Waals surface area (Å²) >= 11 is 1.67. The normalized spacial score (nSPS) is 19.9. The van der Waals surface area contributed by atoms with Gasteiger partial charge in [-0.2, -0.15) is 11.8 Å². The standard InChI is InChI=1S/C13H20N2O3S2/c1-18-11-4-3-10(8-14)12(7-11)15-5-6-19-9-13(15)20(2,16)17/h3-4,7,13H,5-6,8-9,14H2,1-2H3. The molecule has 112 valence electrons. The summed E-state index contributed by atoms with van der Waals surface area (Å²) in [5.74, 6) is 2.20. The monoisotopic (exact) mass is 316 g/mol. The number of sulfone groups is 1. The largest absolute Gasteiger partial charge is 0.497 e. The van der Waals surface area contributed by atoms with Gasteiger partial charge in [0.25, 0.3) is 0 Å². The number of benzene rings is 1. The van der Waals surface area contributed by atoms with E-state index >= 15 is 0 Å². The highest BCUT2D eigenvalue weighted by Crippen LogP contribution is 2.32. The second-order valence-corrected chi connectivity index (χ2v) is 8.10. The van der Waals surface area contributed by atoms with Crippen molar-refractivity contribution >= 4 is 27.3 Å². The lowest BCUT2D eigenvalue weighted by Gasteiger charge is -2.37. The second kappa shape index (κ2) is 6.24. The minimum atomic E-state index is -3.14. The molecule has 0 bridgehead atoms. The topological polar surface area (TPSA) is 72.6 Å². The molecular formula is C13H20N2O3S2. The van der Waals surface area contributed by atoms with Gasteiger partial charge < -0.3 is 15.4 Å². The molecule has 0 saturated carbocycles. The molecule has 2 rings (SSSR count). The number of anilines is 1. The lowest BCUT2D eigenvalue weighted by atomic mass is 10.1. The quantitative estimate of drug-likeness (QED) is 0.896. The lowest BCUT2D eigenvalue weighted by molar-refractivity contribution is 0.414. The van der Waals surface area contributed by atoms with Gasteiger partial charge in [0.15, 0.2) is 9.84 Å². The first-order chi connectivity index (χ1) is 9.47. The number of methoxy groups -OCH3 is 1. The van der Waals surface area contributed by atoms with Crippen LogP contribution in [0.5, 0.6) is 5.75 Å². The second-order valence-electron chi connectivity index (χ2n) is 4.75. The van der Waals surface area contributed by atoms with Gasteiger partial charge in [0, 0.05) is 42.6 Å². The van der Waals surface area contributed by atoms with Crippen LogP contribution >= 0.6 is 11.8 Å². The number of hydrogen-bond acceptors (Lipinski definition) is 6. The SMILES string of the molecule is COc1ccc(CN)c(N2CCSCC2S(C)(=O)=O)c1. The number of nitrogens with zero attached hydrogens (tertiary/aromatic N) is 1. The van der Waals surface area contributed by atoms with Gasteiger partial charge in [0.05, 0.1) is 7.11 Å². The summed E-state index contributed by atoms with van der Waals surface area (Å²) < 4.78 is 29.3. The molecule has 1 aromatic carbocycles. The van der Waals surface area contributed by atoms with Gasteiger partial charge in [-0.3, -0.25) is 0 Å². The van der Waals surface area contributed by atoms with Gasteiger partial charge >= 0.3 is 0 Å². The third kappa shape index (κ3) is 3.21. The van der Waals surface area contributed by atoms with Crippen molar-refractivity contribution in [2.75, 3.05) is 36.3 Å². The molecule has 0 radical (unpaired) electrons. The highest BCUT2D eigenvalue weighted by atomic mass is 32.2. The molecule has 1 heterocycles. The maximum absolute atomic E-state index is 12.0. The molecule has 0 aromatic heterocycles. The van der Waals surface area contributed by atoms with Crippen molar-refractivity contribution < 1.29 is 13.2 Å². The highest BCUT2D eigenvalue weighted by Gasteiger charge is 2.32. The first-order valence-corrected chi connectivity index (χ1v) is 9.48. The summed E-state index contributed by atoms with van der Waals surface area (Å²) in [6.07, 6.45) is 1.29. The van der Waals surface area contributed by atoms with E-state index in [-0.39, 0.29) is 0 Å². The van der Waals surface area contributed by atoms with Crippen LogP contribution in [0.2, 0.25) is 0 Å². The molecule has 1 fully saturated rings. The highest BCUT2D eigenvalue weighted by molar-refractivity contribution is 8.01. The zero-order valence-electron chi connectivity index (χ0n) is 11.7. The van der Waals surface area contributed by atoms with E-state index in [1.165, 1.54) is 6.26 Å². The Morgan fingerprint density at radius 3 is 2.85 bits per heavy atom. The minimum Gasteiger partial charge on any atom is -0.497 e. The molecule has 5 nitrogen and oxygen atoms in total. The van der Waals surface area contributed by atoms with Crippen LogP contribution in [0.1, 0.15) is 5.56 Å². The van der Waals surface area contributed by atoms with Gasteiger partial charge in [-0.1, -0.05) is 6.07 Å². The molecular weight excluding hydrogens is 296 g/mol. The van der Waals surface area contributed by atoms with Crippen LogP contribution in [0.3, 0.4) is 0 Å². The van der Waals surface area contributed by atoms with Crippen molar-refractivity contribution in [2.45, 2.75) is 11.9 Å². The lowest BCUT2D eigenvalue weighted by Crippen LogP contribution is -2.47. The zero-order chi connectivity index (χ0) is 14.8. The molecule has 7 heteroatoms. The number of hydrogen-bond donors (Lipinski definition) is 1. The van der Waals surface area contributed by atoms with Crippen LogP contribution in [0, 0.1) is 0 Å². The van der Waals surface area contributed by atoms with E-state index in [1.807, 2.05) is 23.1 Å². The molecule has 0 aliphatic carbocycles. The number of nitrogens with two attached hydrogens (primary N) is 1. The van der Waals surface area contributed by atoms with Gasteiger partial charge in [0.2, 0.25) is 0 Å². The van der Waals surface area contributed by atoms with Crippen LogP contribution in [-0.4, -0.2) is 45.2 Å². The van der Waals surface area contributed by atoms with Crippen molar-refractivity contribution in [1.82, 2.24) is 0 Å². The van der Waals surface area contributed by atoms with E-state index in [2.05, 4.69) is 0 Å². The minimum absolute atomic E-state index is 0.374. The average molecular weight is 316 g/mol. The Kier molecular flexibility index (Phi) is 4.82. The average Bonchev–Trinajstić information content (AvgIpc) is 2.45. The molecule has 20 heavy (non-hydrogen) atoms. The predicted molar refractivity (Wildman–Crippen MR) is 84.2 cm³/mol. The fraction of sp³-hybridized carbons (Fsp3) is 0.538. The zero-order valence-corrected chi connectivity index (χ0v) is 13.3. The van der Waals surface area contributed by atoms with E-state index in [0.29, 0.717) is 24.6 Å². The van der Waals surface area contributed by atoms with Crippen LogP contribution in [-0.2, 0) is 16.4 Å². The number of ether oxygens (including phenoxy) is 1. The summed E-state index contributed by atoms with van der Waals surface area (Å²) in [4.78, 5) is 1.94. The molecule has 0 amide bonds. The maximum Gasteiger partial charge on any atom is 0.169 e. The first-order valence-electron chi connectivity index (χ1n) is 6.37. The van der Waals surface area contributed by atoms with Crippen molar-refractivity contribution in [1.29, 1.82) is 0 Å². The predicted octanol–water partition coefficient (Wildman–Crippen LogP) is 1.08. The third-order valence-electron chi connectivity index (χ3n) is 3.40. The number of thioether (sulfide) groups is 1. The fourth-order valence-electron chi connectivity index (χ4n) is 2.32. The Bertz CT molecular complexity index is 575. The van der Waals surface area contributed by atoms with E-state index in [0.717, 1.165) is 17.0 Å². The Labute approximate surface area is 124 Å². The molecule has 1 atom stereocenters. The molecule has 1 unspecified atom stereocenters. The molecule has 0 spiro atoms. The molecule has 2 N–H and O–H groups in total. The van der Waals surface area contributed by atoms with Crippen molar-refractivity contribution in [3.63, 3.8) is 0 Å². The van der Waals surface area contributed by atoms with E-state index in [9.17, 15) is 8.42 Å². The molecule has 1 aliphatic rings. The van der Waals surface area contributed by atoms with Crippen LogP contribution < -0.4 is 15.4 Å².